The Hall–Kier alpha value is -3.55. The van der Waals surface area contributed by atoms with E-state index in [2.05, 4.69) is 5.32 Å². The molecule has 164 valence electrons. The number of anilines is 2. The van der Waals surface area contributed by atoms with Crippen molar-refractivity contribution >= 4 is 29.2 Å². The van der Waals surface area contributed by atoms with Crippen molar-refractivity contribution in [2.45, 2.75) is 20.3 Å². The molecule has 3 rings (SSSR count). The number of rotatable bonds is 7. The summed E-state index contributed by atoms with van der Waals surface area (Å²) in [5.74, 6) is -0.830. The molecule has 0 radical (unpaired) electrons. The van der Waals surface area contributed by atoms with Crippen LogP contribution in [-0.2, 0) is 19.1 Å². The summed E-state index contributed by atoms with van der Waals surface area (Å²) in [5.41, 5.74) is 3.23. The second-order valence-electron chi connectivity index (χ2n) is 7.42. The molecule has 1 atom stereocenters. The molecule has 1 saturated heterocycles. The van der Waals surface area contributed by atoms with Crippen LogP contribution in [0, 0.1) is 19.8 Å². The molecule has 0 unspecified atom stereocenters. The molecule has 1 heterocycles. The van der Waals surface area contributed by atoms with Crippen molar-refractivity contribution in [3.8, 4) is 11.5 Å². The van der Waals surface area contributed by atoms with Gasteiger partial charge < -0.3 is 24.4 Å². The zero-order chi connectivity index (χ0) is 22.5. The summed E-state index contributed by atoms with van der Waals surface area (Å²) in [4.78, 5) is 38.6. The van der Waals surface area contributed by atoms with Crippen molar-refractivity contribution in [2.24, 2.45) is 5.92 Å². The third kappa shape index (κ3) is 5.14. The van der Waals surface area contributed by atoms with Gasteiger partial charge in [-0.3, -0.25) is 14.4 Å². The van der Waals surface area contributed by atoms with E-state index in [0.717, 1.165) is 11.1 Å². The molecule has 2 amide bonds. The molecule has 31 heavy (non-hydrogen) atoms. The van der Waals surface area contributed by atoms with Gasteiger partial charge in [-0.25, -0.2) is 0 Å². The average Bonchev–Trinajstić information content (AvgIpc) is 3.15. The van der Waals surface area contributed by atoms with Crippen LogP contribution in [0.15, 0.2) is 36.4 Å². The predicted octanol–water partition coefficient (Wildman–Crippen LogP) is 2.86. The van der Waals surface area contributed by atoms with Crippen molar-refractivity contribution in [3.05, 3.63) is 47.5 Å². The van der Waals surface area contributed by atoms with Gasteiger partial charge in [-0.05, 0) is 37.6 Å². The van der Waals surface area contributed by atoms with Gasteiger partial charge in [0.15, 0.2) is 6.61 Å². The van der Waals surface area contributed by atoms with Crippen molar-refractivity contribution in [1.82, 2.24) is 0 Å². The van der Waals surface area contributed by atoms with E-state index in [1.54, 1.807) is 24.3 Å². The normalized spacial score (nSPS) is 15.5. The molecule has 1 fully saturated rings. The number of nitrogens with one attached hydrogen (secondary N) is 1. The van der Waals surface area contributed by atoms with Gasteiger partial charge in [0.2, 0.25) is 5.91 Å². The molecule has 2 aromatic carbocycles. The number of methoxy groups -OCH3 is 2. The molecule has 0 bridgehead atoms. The first-order chi connectivity index (χ1) is 14.8. The highest BCUT2D eigenvalue weighted by atomic mass is 16.5. The topological polar surface area (TPSA) is 94.2 Å². The number of benzene rings is 2. The van der Waals surface area contributed by atoms with Crippen molar-refractivity contribution in [1.29, 1.82) is 0 Å². The van der Waals surface area contributed by atoms with Crippen molar-refractivity contribution in [2.75, 3.05) is 37.6 Å². The third-order valence-corrected chi connectivity index (χ3v) is 5.14. The van der Waals surface area contributed by atoms with Gasteiger partial charge in [-0.2, -0.15) is 0 Å². The van der Waals surface area contributed by atoms with Gasteiger partial charge in [-0.15, -0.1) is 0 Å². The summed E-state index contributed by atoms with van der Waals surface area (Å²) in [6.07, 6.45) is 0.00665. The van der Waals surface area contributed by atoms with E-state index < -0.39 is 24.4 Å². The number of carbonyl (C=O) groups excluding carboxylic acids is 3. The molecule has 1 N–H and O–H groups in total. The third-order valence-electron chi connectivity index (χ3n) is 5.14. The van der Waals surface area contributed by atoms with Crippen LogP contribution < -0.4 is 19.7 Å². The second-order valence-corrected chi connectivity index (χ2v) is 7.42. The van der Waals surface area contributed by atoms with E-state index in [-0.39, 0.29) is 18.9 Å². The van der Waals surface area contributed by atoms with Gasteiger partial charge in [0.1, 0.15) is 11.5 Å². The summed E-state index contributed by atoms with van der Waals surface area (Å²) in [6, 6.07) is 10.7. The molecule has 8 nitrogen and oxygen atoms in total. The highest BCUT2D eigenvalue weighted by Crippen LogP contribution is 2.36. The first-order valence-electron chi connectivity index (χ1n) is 9.88. The molecular formula is C23H26N2O6. The number of ether oxygens (including phenoxy) is 3. The van der Waals surface area contributed by atoms with E-state index in [9.17, 15) is 14.4 Å². The highest BCUT2D eigenvalue weighted by molar-refractivity contribution is 6.01. The van der Waals surface area contributed by atoms with E-state index in [1.807, 2.05) is 26.0 Å². The number of hydrogen-bond donors (Lipinski definition) is 1. The number of carbonyl (C=O) groups is 3. The molecule has 8 heteroatoms. The van der Waals surface area contributed by atoms with Crippen LogP contribution in [0.3, 0.4) is 0 Å². The predicted molar refractivity (Wildman–Crippen MR) is 116 cm³/mol. The second kappa shape index (κ2) is 9.51. The maximum Gasteiger partial charge on any atom is 0.311 e. The lowest BCUT2D eigenvalue weighted by atomic mass is 10.1. The van der Waals surface area contributed by atoms with Gasteiger partial charge >= 0.3 is 5.97 Å². The molecule has 2 aromatic rings. The molecule has 0 aliphatic carbocycles. The monoisotopic (exact) mass is 426 g/mol. The zero-order valence-corrected chi connectivity index (χ0v) is 18.1. The summed E-state index contributed by atoms with van der Waals surface area (Å²) >= 11 is 0. The Morgan fingerprint density at radius 1 is 1.10 bits per heavy atom. The first kappa shape index (κ1) is 22.1. The quantitative estimate of drug-likeness (QED) is 0.685. The average molecular weight is 426 g/mol. The summed E-state index contributed by atoms with van der Waals surface area (Å²) in [6.45, 7) is 3.59. The van der Waals surface area contributed by atoms with E-state index >= 15 is 0 Å². The molecule has 1 aliphatic heterocycles. The SMILES string of the molecule is COc1ccc(N2C[C@H](C(=O)OCC(=O)Nc3ccc(C)cc3C)CC2=O)c(OC)c1. The van der Waals surface area contributed by atoms with Crippen LogP contribution in [0.1, 0.15) is 17.5 Å². The lowest BCUT2D eigenvalue weighted by Crippen LogP contribution is -2.28. The largest absolute Gasteiger partial charge is 0.497 e. The summed E-state index contributed by atoms with van der Waals surface area (Å²) in [5, 5.41) is 2.73. The minimum Gasteiger partial charge on any atom is -0.497 e. The van der Waals surface area contributed by atoms with Crippen LogP contribution in [0.4, 0.5) is 11.4 Å². The number of esters is 1. The van der Waals surface area contributed by atoms with Gasteiger partial charge in [0.25, 0.3) is 5.91 Å². The van der Waals surface area contributed by atoms with E-state index in [1.165, 1.54) is 19.1 Å². The highest BCUT2D eigenvalue weighted by Gasteiger charge is 2.37. The number of amides is 2. The number of nitrogens with zero attached hydrogens (tertiary/aromatic N) is 1. The fourth-order valence-corrected chi connectivity index (χ4v) is 3.50. The Balaban J connectivity index is 1.58. The smallest absolute Gasteiger partial charge is 0.311 e. The zero-order valence-electron chi connectivity index (χ0n) is 18.1. The summed E-state index contributed by atoms with van der Waals surface area (Å²) in [7, 11) is 3.04. The van der Waals surface area contributed by atoms with Gasteiger partial charge in [0.05, 0.1) is 25.8 Å². The lowest BCUT2D eigenvalue weighted by molar-refractivity contribution is -0.151. The molecule has 0 spiro atoms. The van der Waals surface area contributed by atoms with Crippen LogP contribution in [0.25, 0.3) is 0 Å². The van der Waals surface area contributed by atoms with Crippen molar-refractivity contribution in [3.63, 3.8) is 0 Å². The van der Waals surface area contributed by atoms with Crippen molar-refractivity contribution < 1.29 is 28.6 Å². The molecule has 1 aliphatic rings. The van der Waals surface area contributed by atoms with Crippen LogP contribution in [0.5, 0.6) is 11.5 Å². The number of hydrogen-bond acceptors (Lipinski definition) is 6. The van der Waals surface area contributed by atoms with E-state index in [4.69, 9.17) is 14.2 Å². The number of aryl methyl sites for hydroxylation is 2. The Kier molecular flexibility index (Phi) is 6.79. The van der Waals surface area contributed by atoms with Gasteiger partial charge in [-0.1, -0.05) is 17.7 Å². The Morgan fingerprint density at radius 2 is 1.87 bits per heavy atom. The summed E-state index contributed by atoms with van der Waals surface area (Å²) < 4.78 is 15.7. The maximum absolute atomic E-state index is 12.5. The van der Waals surface area contributed by atoms with Crippen LogP contribution in [-0.4, -0.2) is 45.2 Å². The molecule has 0 saturated carbocycles. The fraction of sp³-hybridized carbons (Fsp3) is 0.348. The minimum atomic E-state index is -0.659. The fourth-order valence-electron chi connectivity index (χ4n) is 3.50. The standard InChI is InChI=1S/C23H26N2O6/c1-14-5-7-18(15(2)9-14)24-21(26)13-31-23(28)16-10-22(27)25(12-16)19-8-6-17(29-3)11-20(19)30-4/h5-9,11,16H,10,12-13H2,1-4H3,(H,24,26)/t16-/m1/s1. The molecule has 0 aromatic heterocycles. The lowest BCUT2D eigenvalue weighted by Gasteiger charge is -2.20. The Bertz CT molecular complexity index is 1000. The van der Waals surface area contributed by atoms with Crippen LogP contribution in [0.2, 0.25) is 0 Å². The Labute approximate surface area is 181 Å². The minimum absolute atomic E-state index is 0.00665. The maximum atomic E-state index is 12.5. The van der Waals surface area contributed by atoms with Gasteiger partial charge in [0, 0.05) is 24.7 Å². The van der Waals surface area contributed by atoms with Crippen LogP contribution >= 0.6 is 0 Å². The van der Waals surface area contributed by atoms with E-state index in [0.29, 0.717) is 22.9 Å². The molecular weight excluding hydrogens is 400 g/mol. The first-order valence-corrected chi connectivity index (χ1v) is 9.88. The Morgan fingerprint density at radius 3 is 2.55 bits per heavy atom.